The molecule has 2 heterocycles. The maximum absolute atomic E-state index is 12.2. The molecule has 8 nitrogen and oxygen atoms in total. The fourth-order valence-corrected chi connectivity index (χ4v) is 2.75. The Bertz CT molecular complexity index is 573. The lowest BCUT2D eigenvalue weighted by Gasteiger charge is -2.33. The van der Waals surface area contributed by atoms with Gasteiger partial charge in [-0.3, -0.25) is 9.69 Å². The number of nitrogens with one attached hydrogen (secondary N) is 2. The van der Waals surface area contributed by atoms with Crippen LogP contribution in [-0.4, -0.2) is 52.0 Å². The van der Waals surface area contributed by atoms with E-state index in [9.17, 15) is 14.4 Å². The van der Waals surface area contributed by atoms with E-state index in [4.69, 9.17) is 5.11 Å². The lowest BCUT2D eigenvalue weighted by molar-refractivity contribution is -0.144. The van der Waals surface area contributed by atoms with Crippen molar-refractivity contribution in [2.75, 3.05) is 13.1 Å². The molecular formula is C12H16N4O4S. The number of carboxylic acid groups (broad SMARTS) is 1. The zero-order valence-electron chi connectivity index (χ0n) is 11.6. The van der Waals surface area contributed by atoms with Crippen molar-refractivity contribution in [2.45, 2.75) is 25.9 Å². The third-order valence-electron chi connectivity index (χ3n) is 3.08. The van der Waals surface area contributed by atoms with Gasteiger partial charge in [-0.15, -0.1) is 11.3 Å². The van der Waals surface area contributed by atoms with E-state index >= 15 is 0 Å². The van der Waals surface area contributed by atoms with Crippen molar-refractivity contribution in [1.82, 2.24) is 20.5 Å². The number of thiazole rings is 1. The highest BCUT2D eigenvalue weighted by Gasteiger charge is 2.35. The SMILES string of the molecule is Cc1cnc(C(C)NC(=O)N2CC(=O)NCC2C(=O)O)s1. The second-order valence-corrected chi connectivity index (χ2v) is 6.03. The molecule has 0 saturated carbocycles. The maximum Gasteiger partial charge on any atom is 0.328 e. The summed E-state index contributed by atoms with van der Waals surface area (Å²) >= 11 is 1.45. The van der Waals surface area contributed by atoms with Crippen LogP contribution in [0.5, 0.6) is 0 Å². The van der Waals surface area contributed by atoms with Crippen LogP contribution in [-0.2, 0) is 9.59 Å². The smallest absolute Gasteiger partial charge is 0.328 e. The molecule has 0 aliphatic carbocycles. The molecule has 2 unspecified atom stereocenters. The molecule has 1 fully saturated rings. The standard InChI is InChI=1S/C12H16N4O4S/c1-6-3-14-10(21-6)7(2)15-12(20)16-5-9(17)13-4-8(16)11(18)19/h3,7-8H,4-5H2,1-2H3,(H,13,17)(H,15,20)(H,18,19). The van der Waals surface area contributed by atoms with E-state index in [-0.39, 0.29) is 25.0 Å². The first kappa shape index (κ1) is 15.2. The molecule has 1 aromatic heterocycles. The van der Waals surface area contributed by atoms with E-state index < -0.39 is 18.0 Å². The number of nitrogens with zero attached hydrogens (tertiary/aromatic N) is 2. The minimum Gasteiger partial charge on any atom is -0.480 e. The van der Waals surface area contributed by atoms with E-state index in [0.717, 1.165) is 14.8 Å². The van der Waals surface area contributed by atoms with Crippen molar-refractivity contribution in [3.8, 4) is 0 Å². The van der Waals surface area contributed by atoms with Gasteiger partial charge in [-0.1, -0.05) is 0 Å². The third-order valence-corrected chi connectivity index (χ3v) is 4.17. The van der Waals surface area contributed by atoms with Gasteiger partial charge in [0, 0.05) is 17.6 Å². The Balaban J connectivity index is 2.06. The molecule has 9 heteroatoms. The van der Waals surface area contributed by atoms with Crippen molar-refractivity contribution in [1.29, 1.82) is 0 Å². The van der Waals surface area contributed by atoms with Gasteiger partial charge in [0.05, 0.1) is 6.04 Å². The first-order chi connectivity index (χ1) is 9.88. The number of aromatic nitrogens is 1. The monoisotopic (exact) mass is 312 g/mol. The summed E-state index contributed by atoms with van der Waals surface area (Å²) in [5, 5.41) is 15.0. The average Bonchev–Trinajstić information content (AvgIpc) is 2.85. The summed E-state index contributed by atoms with van der Waals surface area (Å²) in [5.74, 6) is -1.52. The fraction of sp³-hybridized carbons (Fsp3) is 0.500. The number of urea groups is 1. The zero-order chi connectivity index (χ0) is 15.6. The summed E-state index contributed by atoms with van der Waals surface area (Å²) in [7, 11) is 0. The van der Waals surface area contributed by atoms with E-state index in [0.29, 0.717) is 0 Å². The summed E-state index contributed by atoms with van der Waals surface area (Å²) in [5.41, 5.74) is 0. The van der Waals surface area contributed by atoms with Crippen LogP contribution in [0.15, 0.2) is 6.20 Å². The van der Waals surface area contributed by atoms with Crippen LogP contribution >= 0.6 is 11.3 Å². The van der Waals surface area contributed by atoms with Gasteiger partial charge in [-0.2, -0.15) is 0 Å². The second-order valence-electron chi connectivity index (χ2n) is 4.77. The Morgan fingerprint density at radius 2 is 2.33 bits per heavy atom. The zero-order valence-corrected chi connectivity index (χ0v) is 12.4. The van der Waals surface area contributed by atoms with Crippen molar-refractivity contribution in [3.63, 3.8) is 0 Å². The van der Waals surface area contributed by atoms with E-state index in [1.165, 1.54) is 11.3 Å². The lowest BCUT2D eigenvalue weighted by atomic mass is 10.2. The van der Waals surface area contributed by atoms with Gasteiger partial charge in [0.2, 0.25) is 5.91 Å². The van der Waals surface area contributed by atoms with Gasteiger partial charge in [-0.05, 0) is 13.8 Å². The molecule has 2 rings (SSSR count). The molecule has 1 aromatic rings. The van der Waals surface area contributed by atoms with Crippen molar-refractivity contribution < 1.29 is 19.5 Å². The highest BCUT2D eigenvalue weighted by molar-refractivity contribution is 7.11. The minimum atomic E-state index is -1.15. The summed E-state index contributed by atoms with van der Waals surface area (Å²) in [6.45, 7) is 3.31. The van der Waals surface area contributed by atoms with Crippen LogP contribution in [0, 0.1) is 6.92 Å². The normalized spacial score (nSPS) is 19.8. The number of aliphatic carboxylic acids is 1. The third kappa shape index (κ3) is 3.48. The second kappa shape index (κ2) is 6.08. The molecule has 3 amide bonds. The number of carbonyl (C=O) groups excluding carboxylic acids is 2. The summed E-state index contributed by atoms with van der Waals surface area (Å²) in [4.78, 5) is 40.9. The number of hydrogen-bond acceptors (Lipinski definition) is 5. The Morgan fingerprint density at radius 3 is 2.90 bits per heavy atom. The van der Waals surface area contributed by atoms with Crippen molar-refractivity contribution in [2.24, 2.45) is 0 Å². The molecule has 0 aromatic carbocycles. The van der Waals surface area contributed by atoms with Gasteiger partial charge >= 0.3 is 12.0 Å². The van der Waals surface area contributed by atoms with Crippen LogP contribution in [0.2, 0.25) is 0 Å². The highest BCUT2D eigenvalue weighted by atomic mass is 32.1. The largest absolute Gasteiger partial charge is 0.480 e. The Morgan fingerprint density at radius 1 is 1.62 bits per heavy atom. The molecule has 1 aliphatic rings. The molecule has 0 radical (unpaired) electrons. The topological polar surface area (TPSA) is 112 Å². The predicted molar refractivity (Wildman–Crippen MR) is 74.9 cm³/mol. The van der Waals surface area contributed by atoms with Crippen LogP contribution in [0.1, 0.15) is 22.9 Å². The maximum atomic E-state index is 12.2. The van der Waals surface area contributed by atoms with Crippen LogP contribution in [0.3, 0.4) is 0 Å². The fourth-order valence-electron chi connectivity index (χ4n) is 1.98. The molecule has 1 saturated heterocycles. The lowest BCUT2D eigenvalue weighted by Crippen LogP contribution is -2.61. The molecule has 21 heavy (non-hydrogen) atoms. The van der Waals surface area contributed by atoms with Gasteiger partial charge in [0.1, 0.15) is 17.6 Å². The first-order valence-electron chi connectivity index (χ1n) is 6.37. The number of aryl methyl sites for hydroxylation is 1. The van der Waals surface area contributed by atoms with E-state index in [2.05, 4.69) is 15.6 Å². The summed E-state index contributed by atoms with van der Waals surface area (Å²) < 4.78 is 0. The van der Waals surface area contributed by atoms with Crippen LogP contribution in [0.4, 0.5) is 4.79 Å². The Hall–Kier alpha value is -2.16. The van der Waals surface area contributed by atoms with Crippen LogP contribution in [0.25, 0.3) is 0 Å². The van der Waals surface area contributed by atoms with E-state index in [1.807, 2.05) is 6.92 Å². The Kier molecular flexibility index (Phi) is 4.41. The highest BCUT2D eigenvalue weighted by Crippen LogP contribution is 2.19. The van der Waals surface area contributed by atoms with Crippen LogP contribution < -0.4 is 10.6 Å². The number of hydrogen-bond donors (Lipinski definition) is 3. The summed E-state index contributed by atoms with van der Waals surface area (Å²) in [6, 6.07) is -2.00. The molecule has 0 bridgehead atoms. The Labute approximate surface area is 125 Å². The average molecular weight is 312 g/mol. The number of amides is 3. The van der Waals surface area contributed by atoms with Gasteiger partial charge < -0.3 is 15.7 Å². The quantitative estimate of drug-likeness (QED) is 0.733. The molecule has 2 atom stereocenters. The molecule has 3 N–H and O–H groups in total. The molecule has 1 aliphatic heterocycles. The van der Waals surface area contributed by atoms with Crippen molar-refractivity contribution >= 4 is 29.2 Å². The molecule has 114 valence electrons. The molecular weight excluding hydrogens is 296 g/mol. The van der Waals surface area contributed by atoms with E-state index in [1.54, 1.807) is 13.1 Å². The first-order valence-corrected chi connectivity index (χ1v) is 7.19. The number of carboxylic acids is 1. The van der Waals surface area contributed by atoms with Gasteiger partial charge in [-0.25, -0.2) is 14.6 Å². The minimum absolute atomic E-state index is 0.0909. The summed E-state index contributed by atoms with van der Waals surface area (Å²) in [6.07, 6.45) is 1.71. The van der Waals surface area contributed by atoms with Gasteiger partial charge in [0.25, 0.3) is 0 Å². The molecule has 0 spiro atoms. The van der Waals surface area contributed by atoms with Gasteiger partial charge in [0.15, 0.2) is 0 Å². The number of rotatable bonds is 3. The van der Waals surface area contributed by atoms with Crippen molar-refractivity contribution in [3.05, 3.63) is 16.1 Å². The number of piperazine rings is 1. The number of carbonyl (C=O) groups is 3. The predicted octanol–water partition coefficient (Wildman–Crippen LogP) is 0.107.